The number of anilines is 1. The van der Waals surface area contributed by atoms with Gasteiger partial charge in [-0.2, -0.15) is 5.10 Å². The van der Waals surface area contributed by atoms with Crippen LogP contribution in [0.15, 0.2) is 54.6 Å². The lowest BCUT2D eigenvalue weighted by Crippen LogP contribution is -2.32. The molecular formula is C23H24N4O2S. The number of amides is 1. The van der Waals surface area contributed by atoms with Gasteiger partial charge in [-0.05, 0) is 44.5 Å². The number of aromatic nitrogens is 3. The van der Waals surface area contributed by atoms with E-state index in [0.29, 0.717) is 17.4 Å². The van der Waals surface area contributed by atoms with Crippen molar-refractivity contribution in [3.8, 4) is 5.75 Å². The largest absolute Gasteiger partial charge is 0.497 e. The van der Waals surface area contributed by atoms with Gasteiger partial charge < -0.3 is 4.74 Å². The molecule has 0 aliphatic heterocycles. The van der Waals surface area contributed by atoms with E-state index < -0.39 is 0 Å². The highest BCUT2D eigenvalue weighted by Gasteiger charge is 2.26. The molecule has 30 heavy (non-hydrogen) atoms. The summed E-state index contributed by atoms with van der Waals surface area (Å²) in [5.74, 6) is 0.632. The maximum Gasteiger partial charge on any atom is 0.278 e. The molecule has 0 radical (unpaired) electrons. The first-order chi connectivity index (χ1) is 14.5. The average Bonchev–Trinajstić information content (AvgIpc) is 3.35. The van der Waals surface area contributed by atoms with Gasteiger partial charge in [-0.1, -0.05) is 41.7 Å². The normalized spacial score (nSPS) is 11.2. The Balaban J connectivity index is 1.79. The van der Waals surface area contributed by atoms with Crippen molar-refractivity contribution in [2.75, 3.05) is 12.0 Å². The molecule has 0 saturated carbocycles. The predicted octanol–water partition coefficient (Wildman–Crippen LogP) is 5.24. The van der Waals surface area contributed by atoms with E-state index in [2.05, 4.69) is 5.10 Å². The van der Waals surface area contributed by atoms with Gasteiger partial charge in [-0.15, -0.1) is 0 Å². The van der Waals surface area contributed by atoms with Crippen LogP contribution in [0.2, 0.25) is 0 Å². The van der Waals surface area contributed by atoms with Crippen LogP contribution in [0, 0.1) is 6.92 Å². The number of hydrogen-bond acceptors (Lipinski definition) is 5. The zero-order valence-corrected chi connectivity index (χ0v) is 18.3. The second-order valence-electron chi connectivity index (χ2n) is 7.42. The molecule has 0 N–H and O–H groups in total. The van der Waals surface area contributed by atoms with E-state index in [9.17, 15) is 4.79 Å². The van der Waals surface area contributed by atoms with Gasteiger partial charge in [0.25, 0.3) is 5.91 Å². The third kappa shape index (κ3) is 3.93. The average molecular weight is 421 g/mol. The summed E-state index contributed by atoms with van der Waals surface area (Å²) in [6.45, 7) is 6.38. The fourth-order valence-corrected chi connectivity index (χ4v) is 4.28. The molecule has 0 aliphatic rings. The van der Waals surface area contributed by atoms with Crippen LogP contribution in [-0.2, 0) is 6.54 Å². The van der Waals surface area contributed by atoms with Crippen molar-refractivity contribution >= 4 is 32.6 Å². The number of ether oxygens (including phenoxy) is 1. The van der Waals surface area contributed by atoms with E-state index in [0.717, 1.165) is 27.2 Å². The minimum atomic E-state index is -0.112. The van der Waals surface area contributed by atoms with Gasteiger partial charge in [0.15, 0.2) is 5.13 Å². The quantitative estimate of drug-likeness (QED) is 0.428. The molecular weight excluding hydrogens is 396 g/mol. The van der Waals surface area contributed by atoms with E-state index in [-0.39, 0.29) is 11.9 Å². The topological polar surface area (TPSA) is 60.2 Å². The molecule has 0 aliphatic carbocycles. The van der Waals surface area contributed by atoms with E-state index in [1.807, 2.05) is 75.4 Å². The Labute approximate surface area is 179 Å². The molecule has 2 aromatic carbocycles. The van der Waals surface area contributed by atoms with Crippen molar-refractivity contribution in [2.24, 2.45) is 0 Å². The van der Waals surface area contributed by atoms with Crippen molar-refractivity contribution in [3.05, 3.63) is 71.5 Å². The molecule has 2 heterocycles. The maximum absolute atomic E-state index is 13.7. The Morgan fingerprint density at radius 3 is 2.63 bits per heavy atom. The minimum absolute atomic E-state index is 0.0795. The fraction of sp³-hybridized carbons (Fsp3) is 0.261. The lowest BCUT2D eigenvalue weighted by Gasteiger charge is -2.21. The molecule has 4 aromatic rings. The first kappa shape index (κ1) is 20.1. The second kappa shape index (κ2) is 8.28. The van der Waals surface area contributed by atoms with E-state index in [4.69, 9.17) is 9.72 Å². The number of nitrogens with zero attached hydrogens (tertiary/aromatic N) is 4. The summed E-state index contributed by atoms with van der Waals surface area (Å²) in [5.41, 5.74) is 3.24. The van der Waals surface area contributed by atoms with Crippen LogP contribution in [0.3, 0.4) is 0 Å². The van der Waals surface area contributed by atoms with Crippen LogP contribution in [0.5, 0.6) is 5.75 Å². The Kier molecular flexibility index (Phi) is 5.55. The Morgan fingerprint density at radius 2 is 1.93 bits per heavy atom. The summed E-state index contributed by atoms with van der Waals surface area (Å²) >= 11 is 1.50. The van der Waals surface area contributed by atoms with Crippen molar-refractivity contribution < 1.29 is 9.53 Å². The van der Waals surface area contributed by atoms with Crippen molar-refractivity contribution in [3.63, 3.8) is 0 Å². The first-order valence-electron chi connectivity index (χ1n) is 9.83. The molecule has 0 bridgehead atoms. The number of thiazole rings is 1. The van der Waals surface area contributed by atoms with Gasteiger partial charge in [0.1, 0.15) is 11.4 Å². The van der Waals surface area contributed by atoms with Gasteiger partial charge in [-0.3, -0.25) is 14.4 Å². The van der Waals surface area contributed by atoms with Gasteiger partial charge in [-0.25, -0.2) is 4.98 Å². The molecule has 0 unspecified atom stereocenters. The van der Waals surface area contributed by atoms with E-state index >= 15 is 0 Å². The lowest BCUT2D eigenvalue weighted by atomic mass is 10.2. The summed E-state index contributed by atoms with van der Waals surface area (Å²) in [5, 5.41) is 5.17. The minimum Gasteiger partial charge on any atom is -0.497 e. The molecule has 0 atom stereocenters. The van der Waals surface area contributed by atoms with Crippen LogP contribution in [0.1, 0.15) is 41.6 Å². The smallest absolute Gasteiger partial charge is 0.278 e. The maximum atomic E-state index is 13.7. The SMILES string of the molecule is COc1ccc2sc(N(Cc3ccccc3)C(=O)c3cc(C)nn3C(C)C)nc2c1. The van der Waals surface area contributed by atoms with Gasteiger partial charge in [0.2, 0.25) is 0 Å². The lowest BCUT2D eigenvalue weighted by molar-refractivity contribution is 0.0973. The molecule has 6 nitrogen and oxygen atoms in total. The third-order valence-electron chi connectivity index (χ3n) is 4.81. The third-order valence-corrected chi connectivity index (χ3v) is 5.87. The summed E-state index contributed by atoms with van der Waals surface area (Å²) in [6, 6.07) is 17.7. The van der Waals surface area contributed by atoms with Crippen molar-refractivity contribution in [1.82, 2.24) is 14.8 Å². The van der Waals surface area contributed by atoms with Gasteiger partial charge in [0, 0.05) is 12.1 Å². The number of hydrogen-bond donors (Lipinski definition) is 0. The number of fused-ring (bicyclic) bond motifs is 1. The monoisotopic (exact) mass is 420 g/mol. The number of aryl methyl sites for hydroxylation is 1. The highest BCUT2D eigenvalue weighted by molar-refractivity contribution is 7.22. The number of methoxy groups -OCH3 is 1. The number of carbonyl (C=O) groups excluding carboxylic acids is 1. The molecule has 4 rings (SSSR count). The zero-order chi connectivity index (χ0) is 21.3. The summed E-state index contributed by atoms with van der Waals surface area (Å²) in [6.07, 6.45) is 0. The molecule has 154 valence electrons. The Hall–Kier alpha value is -3.19. The standard InChI is InChI=1S/C23H24N4O2S/c1-15(2)27-20(12-16(3)25-27)22(28)26(14-17-8-6-5-7-9-17)23-24-19-13-18(29-4)10-11-21(19)30-23/h5-13,15H,14H2,1-4H3. The van der Waals surface area contributed by atoms with Crippen molar-refractivity contribution in [1.29, 1.82) is 0 Å². The van der Waals surface area contributed by atoms with Crippen LogP contribution in [0.25, 0.3) is 10.2 Å². The highest BCUT2D eigenvalue weighted by atomic mass is 32.1. The highest BCUT2D eigenvalue weighted by Crippen LogP contribution is 2.33. The van der Waals surface area contributed by atoms with Crippen LogP contribution < -0.4 is 9.64 Å². The van der Waals surface area contributed by atoms with E-state index in [1.165, 1.54) is 11.3 Å². The fourth-order valence-electron chi connectivity index (χ4n) is 3.34. The molecule has 7 heteroatoms. The number of rotatable bonds is 6. The summed E-state index contributed by atoms with van der Waals surface area (Å²) < 4.78 is 8.11. The van der Waals surface area contributed by atoms with Crippen molar-refractivity contribution in [2.45, 2.75) is 33.4 Å². The second-order valence-corrected chi connectivity index (χ2v) is 8.43. The number of carbonyl (C=O) groups is 1. The summed E-state index contributed by atoms with van der Waals surface area (Å²) in [7, 11) is 1.63. The zero-order valence-electron chi connectivity index (χ0n) is 17.5. The Morgan fingerprint density at radius 1 is 1.17 bits per heavy atom. The summed E-state index contributed by atoms with van der Waals surface area (Å²) in [4.78, 5) is 20.2. The van der Waals surface area contributed by atoms with E-state index in [1.54, 1.807) is 16.7 Å². The molecule has 1 amide bonds. The first-order valence-corrected chi connectivity index (χ1v) is 10.6. The predicted molar refractivity (Wildman–Crippen MR) is 120 cm³/mol. The van der Waals surface area contributed by atoms with Crippen LogP contribution in [-0.4, -0.2) is 27.8 Å². The molecule has 0 spiro atoms. The molecule has 0 saturated heterocycles. The molecule has 2 aromatic heterocycles. The molecule has 0 fully saturated rings. The Bertz CT molecular complexity index is 1180. The van der Waals surface area contributed by atoms with Crippen LogP contribution >= 0.6 is 11.3 Å². The van der Waals surface area contributed by atoms with Gasteiger partial charge in [0.05, 0.1) is 29.6 Å². The number of benzene rings is 2. The van der Waals surface area contributed by atoms with Gasteiger partial charge >= 0.3 is 0 Å². The van der Waals surface area contributed by atoms with Crippen LogP contribution in [0.4, 0.5) is 5.13 Å².